The van der Waals surface area contributed by atoms with E-state index in [1.54, 1.807) is 12.1 Å². The summed E-state index contributed by atoms with van der Waals surface area (Å²) in [7, 11) is -3.81. The number of aryl methyl sites for hydroxylation is 1. The molecule has 0 aliphatic heterocycles. The minimum atomic E-state index is -3.81. The van der Waals surface area contributed by atoms with Gasteiger partial charge in [-0.15, -0.1) is 0 Å². The Morgan fingerprint density at radius 3 is 2.48 bits per heavy atom. The molecule has 4 bridgehead atoms. The Bertz CT molecular complexity index is 869. The molecule has 4 fully saturated rings. The van der Waals surface area contributed by atoms with E-state index in [0.29, 0.717) is 24.1 Å². The third-order valence-electron chi connectivity index (χ3n) is 6.68. The van der Waals surface area contributed by atoms with Crippen LogP contribution in [0.3, 0.4) is 0 Å². The van der Waals surface area contributed by atoms with Crippen LogP contribution in [-0.4, -0.2) is 18.6 Å². The van der Waals surface area contributed by atoms with E-state index in [2.05, 4.69) is 21.2 Å². The molecule has 1 aromatic carbocycles. The van der Waals surface area contributed by atoms with E-state index >= 15 is 0 Å². The number of nitrogens with one attached hydrogen (secondary N) is 1. The summed E-state index contributed by atoms with van der Waals surface area (Å²) in [4.78, 5) is 12.9. The molecule has 7 heteroatoms. The summed E-state index contributed by atoms with van der Waals surface area (Å²) in [6, 6.07) is 4.97. The highest BCUT2D eigenvalue weighted by Gasteiger charge is 2.57. The SMILES string of the molecule is CCc1ccc(NC(=O)CC23CC4CC(CC(Br)(C4)C2)C3)cc1S(N)(=O)=O. The molecule has 5 nitrogen and oxygen atoms in total. The van der Waals surface area contributed by atoms with Crippen molar-refractivity contribution in [2.45, 2.75) is 67.5 Å². The molecule has 148 valence electrons. The number of carbonyl (C=O) groups excluding carboxylic acids is 1. The molecule has 1 aromatic rings. The Labute approximate surface area is 169 Å². The Balaban J connectivity index is 1.51. The zero-order chi connectivity index (χ0) is 19.4. The molecule has 27 heavy (non-hydrogen) atoms. The van der Waals surface area contributed by atoms with Crippen molar-refractivity contribution in [3.8, 4) is 0 Å². The largest absolute Gasteiger partial charge is 0.326 e. The first-order valence-electron chi connectivity index (χ1n) is 9.74. The van der Waals surface area contributed by atoms with E-state index in [1.165, 1.54) is 25.3 Å². The van der Waals surface area contributed by atoms with Crippen LogP contribution >= 0.6 is 15.9 Å². The van der Waals surface area contributed by atoms with Gasteiger partial charge in [-0.3, -0.25) is 4.79 Å². The predicted molar refractivity (Wildman–Crippen MR) is 109 cm³/mol. The van der Waals surface area contributed by atoms with E-state index in [9.17, 15) is 13.2 Å². The van der Waals surface area contributed by atoms with Gasteiger partial charge < -0.3 is 5.32 Å². The maximum Gasteiger partial charge on any atom is 0.238 e. The van der Waals surface area contributed by atoms with Gasteiger partial charge in [-0.2, -0.15) is 0 Å². The second kappa shape index (κ2) is 6.56. The van der Waals surface area contributed by atoms with Crippen molar-refractivity contribution in [1.29, 1.82) is 0 Å². The van der Waals surface area contributed by atoms with Crippen LogP contribution in [0.5, 0.6) is 0 Å². The van der Waals surface area contributed by atoms with Crippen LogP contribution in [0.25, 0.3) is 0 Å². The summed E-state index contributed by atoms with van der Waals surface area (Å²) < 4.78 is 23.9. The van der Waals surface area contributed by atoms with Crippen molar-refractivity contribution < 1.29 is 13.2 Å². The third kappa shape index (κ3) is 3.83. The van der Waals surface area contributed by atoms with Crippen molar-refractivity contribution in [1.82, 2.24) is 0 Å². The smallest absolute Gasteiger partial charge is 0.238 e. The van der Waals surface area contributed by atoms with Gasteiger partial charge >= 0.3 is 0 Å². The Morgan fingerprint density at radius 2 is 1.93 bits per heavy atom. The maximum absolute atomic E-state index is 12.8. The van der Waals surface area contributed by atoms with Crippen LogP contribution in [0.1, 0.15) is 57.4 Å². The Hall–Kier alpha value is -0.920. The van der Waals surface area contributed by atoms with Crippen molar-refractivity contribution >= 4 is 37.5 Å². The first kappa shape index (κ1) is 19.4. The van der Waals surface area contributed by atoms with E-state index in [1.807, 2.05) is 6.92 Å². The average molecular weight is 455 g/mol. The van der Waals surface area contributed by atoms with Crippen LogP contribution in [0.2, 0.25) is 0 Å². The summed E-state index contributed by atoms with van der Waals surface area (Å²) in [5.41, 5.74) is 1.25. The van der Waals surface area contributed by atoms with Gasteiger partial charge in [0.15, 0.2) is 0 Å². The summed E-state index contributed by atoms with van der Waals surface area (Å²) >= 11 is 3.98. The summed E-state index contributed by atoms with van der Waals surface area (Å²) in [6.45, 7) is 1.88. The van der Waals surface area contributed by atoms with Crippen molar-refractivity contribution in [3.63, 3.8) is 0 Å². The number of amides is 1. The fourth-order valence-corrected chi connectivity index (χ4v) is 8.66. The molecule has 2 unspecified atom stereocenters. The number of hydrogen-bond acceptors (Lipinski definition) is 3. The molecule has 4 saturated carbocycles. The maximum atomic E-state index is 12.8. The minimum Gasteiger partial charge on any atom is -0.326 e. The van der Waals surface area contributed by atoms with Gasteiger partial charge in [0.2, 0.25) is 15.9 Å². The van der Waals surface area contributed by atoms with Crippen LogP contribution < -0.4 is 10.5 Å². The van der Waals surface area contributed by atoms with Gasteiger partial charge in [0.25, 0.3) is 0 Å². The number of alkyl halides is 1. The lowest BCUT2D eigenvalue weighted by Crippen LogP contribution is -2.53. The van der Waals surface area contributed by atoms with Gasteiger partial charge in [-0.1, -0.05) is 28.9 Å². The fraction of sp³-hybridized carbons (Fsp3) is 0.650. The number of halogens is 1. The first-order chi connectivity index (χ1) is 12.6. The molecule has 4 aliphatic rings. The Morgan fingerprint density at radius 1 is 1.26 bits per heavy atom. The highest BCUT2D eigenvalue weighted by molar-refractivity contribution is 9.10. The third-order valence-corrected chi connectivity index (χ3v) is 8.61. The van der Waals surface area contributed by atoms with Crippen molar-refractivity contribution in [2.24, 2.45) is 22.4 Å². The first-order valence-corrected chi connectivity index (χ1v) is 12.1. The molecular formula is C20H27BrN2O3S. The number of hydrogen-bond donors (Lipinski definition) is 2. The van der Waals surface area contributed by atoms with E-state index in [4.69, 9.17) is 5.14 Å². The van der Waals surface area contributed by atoms with Crippen molar-refractivity contribution in [2.75, 3.05) is 5.32 Å². The molecule has 5 rings (SSSR count). The molecule has 4 aliphatic carbocycles. The van der Waals surface area contributed by atoms with Gasteiger partial charge in [0.1, 0.15) is 0 Å². The molecule has 0 aromatic heterocycles. The molecule has 1 amide bonds. The molecule has 0 radical (unpaired) electrons. The number of sulfonamides is 1. The molecule has 0 spiro atoms. The second-order valence-electron chi connectivity index (χ2n) is 9.06. The molecular weight excluding hydrogens is 428 g/mol. The van der Waals surface area contributed by atoms with Gasteiger partial charge in [-0.25, -0.2) is 13.6 Å². The fourth-order valence-electron chi connectivity index (χ4n) is 6.28. The van der Waals surface area contributed by atoms with Crippen LogP contribution in [0.4, 0.5) is 5.69 Å². The summed E-state index contributed by atoms with van der Waals surface area (Å²) in [5, 5.41) is 8.26. The van der Waals surface area contributed by atoms with E-state index < -0.39 is 10.0 Å². The Kier molecular flexibility index (Phi) is 4.71. The number of primary sulfonamides is 1. The van der Waals surface area contributed by atoms with Crippen LogP contribution in [0, 0.1) is 17.3 Å². The van der Waals surface area contributed by atoms with Crippen LogP contribution in [0.15, 0.2) is 23.1 Å². The van der Waals surface area contributed by atoms with E-state index in [-0.39, 0.29) is 20.5 Å². The van der Waals surface area contributed by atoms with Crippen molar-refractivity contribution in [3.05, 3.63) is 23.8 Å². The zero-order valence-electron chi connectivity index (χ0n) is 15.6. The molecule has 2 atom stereocenters. The molecule has 3 N–H and O–H groups in total. The monoisotopic (exact) mass is 454 g/mol. The number of rotatable bonds is 5. The van der Waals surface area contributed by atoms with E-state index in [0.717, 1.165) is 31.1 Å². The zero-order valence-corrected chi connectivity index (χ0v) is 18.0. The number of benzene rings is 1. The number of nitrogens with two attached hydrogens (primary N) is 1. The van der Waals surface area contributed by atoms with Crippen LogP contribution in [-0.2, 0) is 21.2 Å². The lowest BCUT2D eigenvalue weighted by atomic mass is 9.48. The van der Waals surface area contributed by atoms with Gasteiger partial charge in [0, 0.05) is 16.4 Å². The second-order valence-corrected chi connectivity index (χ2v) is 12.3. The molecule has 0 heterocycles. The number of anilines is 1. The lowest BCUT2D eigenvalue weighted by Gasteiger charge is -2.60. The summed E-state index contributed by atoms with van der Waals surface area (Å²) in [6.07, 6.45) is 8.21. The standard InChI is InChI=1S/C20H27BrN2O3S/c1-2-15-3-4-16(6-17(15)27(22,25)26)23-18(24)11-19-7-13-5-14(8-19)10-20(21,9-13)12-19/h3-4,6,13-14H,2,5,7-12H2,1H3,(H,23,24)(H2,22,25,26). The molecule has 0 saturated heterocycles. The normalized spacial score (nSPS) is 34.6. The van der Waals surface area contributed by atoms with Gasteiger partial charge in [0.05, 0.1) is 4.90 Å². The summed E-state index contributed by atoms with van der Waals surface area (Å²) in [5.74, 6) is 1.44. The lowest BCUT2D eigenvalue weighted by molar-refractivity contribution is -0.123. The topological polar surface area (TPSA) is 89.3 Å². The predicted octanol–water partition coefficient (Wildman–Crippen LogP) is 3.96. The highest BCUT2D eigenvalue weighted by Crippen LogP contribution is 2.65. The number of carbonyl (C=O) groups is 1. The van der Waals surface area contributed by atoms with Gasteiger partial charge in [-0.05, 0) is 79.9 Å². The highest BCUT2D eigenvalue weighted by atomic mass is 79.9. The average Bonchev–Trinajstić information content (AvgIpc) is 2.50. The quantitative estimate of drug-likeness (QED) is 0.659. The minimum absolute atomic E-state index is 0.0299.